The molecule has 1 N–H and O–H groups in total. The van der Waals surface area contributed by atoms with Gasteiger partial charge in [-0.3, -0.25) is 4.79 Å². The van der Waals surface area contributed by atoms with Crippen LogP contribution in [0.1, 0.15) is 45.1 Å². The van der Waals surface area contributed by atoms with Crippen LogP contribution in [-0.2, 0) is 9.53 Å². The molecule has 2 atom stereocenters. The molecular formula is C22H28FN3O3. The van der Waals surface area contributed by atoms with Crippen LogP contribution in [0.15, 0.2) is 24.4 Å². The summed E-state index contributed by atoms with van der Waals surface area (Å²) in [6.45, 7) is 7.86. The smallest absolute Gasteiger partial charge is 0.410 e. The van der Waals surface area contributed by atoms with Crippen molar-refractivity contribution in [2.24, 2.45) is 5.92 Å². The Bertz CT molecular complexity index is 933. The monoisotopic (exact) mass is 401 g/mol. The van der Waals surface area contributed by atoms with Gasteiger partial charge in [0.15, 0.2) is 0 Å². The Morgan fingerprint density at radius 2 is 1.90 bits per heavy atom. The summed E-state index contributed by atoms with van der Waals surface area (Å²) in [6, 6.07) is 4.78. The second-order valence-corrected chi connectivity index (χ2v) is 9.12. The van der Waals surface area contributed by atoms with E-state index in [2.05, 4.69) is 4.98 Å². The Morgan fingerprint density at radius 1 is 1.14 bits per heavy atom. The Balaban J connectivity index is 1.38. The Hall–Kier alpha value is -2.57. The molecule has 156 valence electrons. The number of likely N-dealkylation sites (tertiary alicyclic amines) is 2. The van der Waals surface area contributed by atoms with Gasteiger partial charge in [0.25, 0.3) is 0 Å². The van der Waals surface area contributed by atoms with Crippen molar-refractivity contribution < 1.29 is 18.7 Å². The molecule has 2 unspecified atom stereocenters. The van der Waals surface area contributed by atoms with Crippen LogP contribution >= 0.6 is 0 Å². The topological polar surface area (TPSA) is 65.6 Å². The second-order valence-electron chi connectivity index (χ2n) is 9.12. The molecule has 0 saturated carbocycles. The van der Waals surface area contributed by atoms with Crippen LogP contribution in [0.5, 0.6) is 0 Å². The average Bonchev–Trinajstić information content (AvgIpc) is 3.37. The van der Waals surface area contributed by atoms with E-state index in [4.69, 9.17) is 4.74 Å². The maximum atomic E-state index is 13.4. The highest BCUT2D eigenvalue weighted by molar-refractivity contribution is 5.85. The molecule has 6 nitrogen and oxygen atoms in total. The number of rotatable bonds is 2. The first kappa shape index (κ1) is 19.7. The lowest BCUT2D eigenvalue weighted by Gasteiger charge is -2.25. The molecule has 0 bridgehead atoms. The number of aromatic amines is 1. The first-order valence-corrected chi connectivity index (χ1v) is 10.2. The number of benzene rings is 1. The van der Waals surface area contributed by atoms with Gasteiger partial charge in [-0.1, -0.05) is 0 Å². The highest BCUT2D eigenvalue weighted by atomic mass is 19.1. The SMILES string of the molecule is CC(C)(C)OC(=O)N1CCC(C(=O)N2CCC(c3c[nH]c4cc(F)ccc34)C2)C1. The minimum absolute atomic E-state index is 0.115. The van der Waals surface area contributed by atoms with E-state index in [-0.39, 0.29) is 29.7 Å². The summed E-state index contributed by atoms with van der Waals surface area (Å²) in [5, 5.41) is 1.02. The van der Waals surface area contributed by atoms with Gasteiger partial charge in [0, 0.05) is 49.2 Å². The van der Waals surface area contributed by atoms with Crippen LogP contribution in [-0.4, -0.2) is 58.6 Å². The fourth-order valence-electron chi connectivity index (χ4n) is 4.39. The number of nitrogens with zero attached hydrogens (tertiary/aromatic N) is 2. The molecule has 2 aliphatic heterocycles. The minimum atomic E-state index is -0.538. The molecule has 0 radical (unpaired) electrons. The van der Waals surface area contributed by atoms with Gasteiger partial charge in [-0.2, -0.15) is 0 Å². The van der Waals surface area contributed by atoms with Crippen molar-refractivity contribution in [1.29, 1.82) is 0 Å². The van der Waals surface area contributed by atoms with Gasteiger partial charge in [0.2, 0.25) is 5.91 Å². The minimum Gasteiger partial charge on any atom is -0.444 e. The predicted octanol–water partition coefficient (Wildman–Crippen LogP) is 3.88. The summed E-state index contributed by atoms with van der Waals surface area (Å²) in [7, 11) is 0. The molecule has 3 heterocycles. The predicted molar refractivity (Wildman–Crippen MR) is 108 cm³/mol. The van der Waals surface area contributed by atoms with Gasteiger partial charge < -0.3 is 19.5 Å². The number of hydrogen-bond donors (Lipinski definition) is 1. The maximum Gasteiger partial charge on any atom is 0.410 e. The molecule has 1 aromatic heterocycles. The van der Waals surface area contributed by atoms with Crippen LogP contribution in [0.25, 0.3) is 10.9 Å². The first-order valence-electron chi connectivity index (χ1n) is 10.2. The Labute approximate surface area is 170 Å². The molecule has 0 aliphatic carbocycles. The van der Waals surface area contributed by atoms with E-state index in [1.807, 2.05) is 31.9 Å². The standard InChI is InChI=1S/C22H28FN3O3/c1-22(2,3)29-21(28)26-9-7-15(13-26)20(27)25-8-6-14(12-25)18-11-24-19-10-16(23)4-5-17(18)19/h4-5,10-11,14-15,24H,6-9,12-13H2,1-3H3. The Kier molecular flexibility index (Phi) is 5.00. The Morgan fingerprint density at radius 3 is 2.66 bits per heavy atom. The fraction of sp³-hybridized carbons (Fsp3) is 0.545. The highest BCUT2D eigenvalue weighted by Gasteiger charge is 2.38. The van der Waals surface area contributed by atoms with Gasteiger partial charge in [-0.25, -0.2) is 9.18 Å². The van der Waals surface area contributed by atoms with Crippen molar-refractivity contribution in [3.8, 4) is 0 Å². The molecule has 2 saturated heterocycles. The van der Waals surface area contributed by atoms with E-state index >= 15 is 0 Å². The lowest BCUT2D eigenvalue weighted by atomic mass is 9.98. The van der Waals surface area contributed by atoms with E-state index < -0.39 is 5.60 Å². The fourth-order valence-corrected chi connectivity index (χ4v) is 4.39. The molecule has 1 aromatic carbocycles. The largest absolute Gasteiger partial charge is 0.444 e. The number of amides is 2. The van der Waals surface area contributed by atoms with Gasteiger partial charge in [0.05, 0.1) is 5.92 Å². The van der Waals surface area contributed by atoms with Gasteiger partial charge >= 0.3 is 6.09 Å². The third-order valence-electron chi connectivity index (χ3n) is 5.80. The molecular weight excluding hydrogens is 373 g/mol. The quantitative estimate of drug-likeness (QED) is 0.831. The number of aromatic nitrogens is 1. The number of carbonyl (C=O) groups excluding carboxylic acids is 2. The van der Waals surface area contributed by atoms with E-state index in [1.54, 1.807) is 11.0 Å². The van der Waals surface area contributed by atoms with E-state index in [1.165, 1.54) is 12.1 Å². The van der Waals surface area contributed by atoms with Crippen LogP contribution in [0.2, 0.25) is 0 Å². The van der Waals surface area contributed by atoms with Crippen molar-refractivity contribution in [2.45, 2.75) is 45.1 Å². The van der Waals surface area contributed by atoms with Gasteiger partial charge in [0.1, 0.15) is 11.4 Å². The highest BCUT2D eigenvalue weighted by Crippen LogP contribution is 2.34. The second kappa shape index (κ2) is 7.35. The maximum absolute atomic E-state index is 13.4. The number of carbonyl (C=O) groups is 2. The first-order chi connectivity index (χ1) is 13.7. The van der Waals surface area contributed by atoms with Crippen LogP contribution in [0.4, 0.5) is 9.18 Å². The number of hydrogen-bond acceptors (Lipinski definition) is 3. The van der Waals surface area contributed by atoms with Gasteiger partial charge in [-0.15, -0.1) is 0 Å². The van der Waals surface area contributed by atoms with E-state index in [0.29, 0.717) is 32.6 Å². The third-order valence-corrected chi connectivity index (χ3v) is 5.80. The zero-order valence-corrected chi connectivity index (χ0v) is 17.2. The van der Waals surface area contributed by atoms with E-state index in [9.17, 15) is 14.0 Å². The number of H-pyrrole nitrogens is 1. The molecule has 2 aromatic rings. The van der Waals surface area contributed by atoms with Crippen molar-refractivity contribution in [3.63, 3.8) is 0 Å². The van der Waals surface area contributed by atoms with Crippen molar-refractivity contribution in [2.75, 3.05) is 26.2 Å². The molecule has 2 aliphatic rings. The lowest BCUT2D eigenvalue weighted by Crippen LogP contribution is -2.38. The van der Waals surface area contributed by atoms with Gasteiger partial charge in [-0.05, 0) is 57.4 Å². The summed E-state index contributed by atoms with van der Waals surface area (Å²) in [6.07, 6.45) is 3.14. The average molecular weight is 401 g/mol. The summed E-state index contributed by atoms with van der Waals surface area (Å²) >= 11 is 0. The summed E-state index contributed by atoms with van der Waals surface area (Å²) in [4.78, 5) is 32.0. The number of fused-ring (bicyclic) bond motifs is 1. The summed E-state index contributed by atoms with van der Waals surface area (Å²) in [5.74, 6) is -0.0748. The van der Waals surface area contributed by atoms with Crippen molar-refractivity contribution in [1.82, 2.24) is 14.8 Å². The molecule has 2 amide bonds. The molecule has 7 heteroatoms. The van der Waals surface area contributed by atoms with Crippen molar-refractivity contribution in [3.05, 3.63) is 35.8 Å². The van der Waals surface area contributed by atoms with Crippen LogP contribution in [0, 0.1) is 11.7 Å². The molecule has 2 fully saturated rings. The number of ether oxygens (including phenoxy) is 1. The summed E-state index contributed by atoms with van der Waals surface area (Å²) < 4.78 is 18.9. The molecule has 4 rings (SSSR count). The van der Waals surface area contributed by atoms with Crippen LogP contribution < -0.4 is 0 Å². The molecule has 29 heavy (non-hydrogen) atoms. The van der Waals surface area contributed by atoms with Crippen LogP contribution in [0.3, 0.4) is 0 Å². The lowest BCUT2D eigenvalue weighted by molar-refractivity contribution is -0.134. The summed E-state index contributed by atoms with van der Waals surface area (Å²) in [5.41, 5.74) is 1.38. The zero-order chi connectivity index (χ0) is 20.8. The third kappa shape index (κ3) is 4.09. The zero-order valence-electron chi connectivity index (χ0n) is 17.2. The normalized spacial score (nSPS) is 22.5. The number of nitrogens with one attached hydrogen (secondary N) is 1. The molecule has 0 spiro atoms. The van der Waals surface area contributed by atoms with Crippen molar-refractivity contribution >= 4 is 22.9 Å². The number of halogens is 1. The van der Waals surface area contributed by atoms with E-state index in [0.717, 1.165) is 22.9 Å².